The molecule has 0 spiro atoms. The average molecular weight is 357 g/mol. The van der Waals surface area contributed by atoms with Crippen molar-refractivity contribution in [3.63, 3.8) is 0 Å². The number of hydrogen-bond acceptors (Lipinski definition) is 4. The van der Waals surface area contributed by atoms with E-state index in [-0.39, 0.29) is 5.75 Å². The van der Waals surface area contributed by atoms with Crippen LogP contribution in [0.4, 0.5) is 0 Å². The topological polar surface area (TPSA) is 64.1 Å². The van der Waals surface area contributed by atoms with Gasteiger partial charge in [-0.2, -0.15) is 0 Å². The van der Waals surface area contributed by atoms with Gasteiger partial charge in [0.05, 0.1) is 6.33 Å². The third kappa shape index (κ3) is 3.12. The summed E-state index contributed by atoms with van der Waals surface area (Å²) in [5.41, 5.74) is 5.02. The van der Waals surface area contributed by atoms with Crippen molar-refractivity contribution < 1.29 is 9.63 Å². The van der Waals surface area contributed by atoms with Crippen molar-refractivity contribution in [2.24, 2.45) is 0 Å². The van der Waals surface area contributed by atoms with E-state index in [0.29, 0.717) is 22.9 Å². The highest BCUT2D eigenvalue weighted by Crippen LogP contribution is 2.43. The second-order valence-electron chi connectivity index (χ2n) is 7.02. The minimum atomic E-state index is 0.201. The van der Waals surface area contributed by atoms with Crippen LogP contribution in [0, 0.1) is 0 Å². The summed E-state index contributed by atoms with van der Waals surface area (Å²) in [4.78, 5) is 4.13. The molecular weight excluding hydrogens is 338 g/mol. The minimum absolute atomic E-state index is 0.201. The molecule has 1 N–H and O–H groups in total. The predicted octanol–water partition coefficient (Wildman–Crippen LogP) is 4.84. The Labute approximate surface area is 156 Å². The normalized spacial score (nSPS) is 13.8. The summed E-state index contributed by atoms with van der Waals surface area (Å²) in [6.07, 6.45) is 8.11. The van der Waals surface area contributed by atoms with Crippen molar-refractivity contribution in [2.75, 3.05) is 0 Å². The van der Waals surface area contributed by atoms with Crippen LogP contribution in [0.5, 0.6) is 5.75 Å². The van der Waals surface area contributed by atoms with Crippen molar-refractivity contribution in [3.8, 4) is 28.3 Å². The summed E-state index contributed by atoms with van der Waals surface area (Å²) in [6, 6.07) is 15.5. The van der Waals surface area contributed by atoms with Crippen LogP contribution in [0.2, 0.25) is 0 Å². The number of benzene rings is 2. The van der Waals surface area contributed by atoms with E-state index >= 15 is 0 Å². The van der Waals surface area contributed by atoms with Crippen LogP contribution in [0.25, 0.3) is 22.6 Å². The Morgan fingerprint density at radius 3 is 2.78 bits per heavy atom. The number of aromatic hydroxyl groups is 1. The van der Waals surface area contributed by atoms with Gasteiger partial charge in [0, 0.05) is 36.1 Å². The van der Waals surface area contributed by atoms with E-state index < -0.39 is 0 Å². The highest BCUT2D eigenvalue weighted by Gasteiger charge is 2.27. The van der Waals surface area contributed by atoms with Crippen molar-refractivity contribution in [3.05, 3.63) is 78.4 Å². The van der Waals surface area contributed by atoms with Crippen LogP contribution >= 0.6 is 0 Å². The molecule has 2 heterocycles. The minimum Gasteiger partial charge on any atom is -0.507 e. The quantitative estimate of drug-likeness (QED) is 0.555. The molecule has 5 nitrogen and oxygen atoms in total. The first-order chi connectivity index (χ1) is 13.3. The first kappa shape index (κ1) is 15.9. The van der Waals surface area contributed by atoms with Crippen molar-refractivity contribution in [2.45, 2.75) is 25.3 Å². The number of nitrogens with zero attached hydrogens (tertiary/aromatic N) is 3. The molecular formula is C22H19N3O2. The van der Waals surface area contributed by atoms with Crippen molar-refractivity contribution in [1.82, 2.24) is 14.7 Å². The second-order valence-corrected chi connectivity index (χ2v) is 7.02. The second kappa shape index (κ2) is 6.43. The predicted molar refractivity (Wildman–Crippen MR) is 102 cm³/mol. The Morgan fingerprint density at radius 2 is 2.00 bits per heavy atom. The number of imidazole rings is 1. The molecule has 27 heavy (non-hydrogen) atoms. The summed E-state index contributed by atoms with van der Waals surface area (Å²) < 4.78 is 7.67. The zero-order valence-electron chi connectivity index (χ0n) is 14.7. The molecule has 0 aliphatic heterocycles. The maximum atomic E-state index is 10.0. The highest BCUT2D eigenvalue weighted by atomic mass is 16.5. The number of phenols is 1. The zero-order chi connectivity index (χ0) is 18.2. The molecule has 5 heteroatoms. The van der Waals surface area contributed by atoms with Crippen LogP contribution < -0.4 is 0 Å². The number of aromatic nitrogens is 3. The fourth-order valence-electron chi connectivity index (χ4n) is 3.47. The number of rotatable bonds is 5. The van der Waals surface area contributed by atoms with Gasteiger partial charge in [-0.25, -0.2) is 4.98 Å². The smallest absolute Gasteiger partial charge is 0.167 e. The monoisotopic (exact) mass is 357 g/mol. The molecule has 1 aliphatic rings. The molecule has 0 saturated heterocycles. The van der Waals surface area contributed by atoms with Gasteiger partial charge in [0.1, 0.15) is 11.4 Å². The van der Waals surface area contributed by atoms with E-state index in [9.17, 15) is 5.11 Å². The van der Waals surface area contributed by atoms with Crippen LogP contribution in [0.15, 0.2) is 71.8 Å². The molecule has 5 rings (SSSR count). The first-order valence-corrected chi connectivity index (χ1v) is 9.12. The van der Waals surface area contributed by atoms with E-state index in [4.69, 9.17) is 4.52 Å². The highest BCUT2D eigenvalue weighted by molar-refractivity contribution is 5.71. The summed E-state index contributed by atoms with van der Waals surface area (Å²) in [5.74, 6) is 1.54. The Balaban J connectivity index is 1.49. The number of hydrogen-bond donors (Lipinski definition) is 1. The van der Waals surface area contributed by atoms with Crippen LogP contribution in [0.3, 0.4) is 0 Å². The number of phenolic OH excluding ortho intramolecular Hbond substituents is 1. The van der Waals surface area contributed by atoms with Crippen LogP contribution in [-0.2, 0) is 6.54 Å². The Kier molecular flexibility index (Phi) is 3.78. The van der Waals surface area contributed by atoms with Gasteiger partial charge in [0.15, 0.2) is 5.76 Å². The Hall–Kier alpha value is -3.34. The lowest BCUT2D eigenvalue weighted by Gasteiger charge is -2.11. The van der Waals surface area contributed by atoms with Crippen molar-refractivity contribution in [1.29, 1.82) is 0 Å². The van der Waals surface area contributed by atoms with E-state index in [1.807, 2.05) is 30.7 Å². The molecule has 0 amide bonds. The standard InChI is InChI=1S/C22H19N3O2/c26-21-4-2-1-3-18(21)20-12-22(27-24-20)16-7-8-17(13-25-10-9-23-14-25)19(11-16)15-5-6-15/h1-4,7-12,14-15,26H,5-6,13H2. The molecule has 0 radical (unpaired) electrons. The summed E-state index contributed by atoms with van der Waals surface area (Å²) in [6.45, 7) is 0.825. The van der Waals surface area contributed by atoms with Gasteiger partial charge in [-0.3, -0.25) is 0 Å². The lowest BCUT2D eigenvalue weighted by Crippen LogP contribution is -2.00. The van der Waals surface area contributed by atoms with Crippen molar-refractivity contribution >= 4 is 0 Å². The molecule has 0 unspecified atom stereocenters. The maximum absolute atomic E-state index is 10.0. The van der Waals surface area contributed by atoms with E-state index in [1.165, 1.54) is 24.0 Å². The summed E-state index contributed by atoms with van der Waals surface area (Å²) in [5, 5.41) is 14.2. The molecule has 1 saturated carbocycles. The average Bonchev–Trinajstić information content (AvgIpc) is 3.18. The third-order valence-electron chi connectivity index (χ3n) is 5.05. The Morgan fingerprint density at radius 1 is 1.11 bits per heavy atom. The fraction of sp³-hybridized carbons (Fsp3) is 0.182. The van der Waals surface area contributed by atoms with Gasteiger partial charge in [0.25, 0.3) is 0 Å². The van der Waals surface area contributed by atoms with Gasteiger partial charge in [-0.15, -0.1) is 0 Å². The Bertz CT molecular complexity index is 1080. The number of para-hydroxylation sites is 1. The molecule has 1 aliphatic carbocycles. The molecule has 4 aromatic rings. The van der Waals surface area contributed by atoms with Gasteiger partial charge < -0.3 is 14.2 Å². The van der Waals surface area contributed by atoms with E-state index in [1.54, 1.807) is 18.3 Å². The molecule has 0 bridgehead atoms. The first-order valence-electron chi connectivity index (χ1n) is 9.12. The molecule has 2 aromatic heterocycles. The lowest BCUT2D eigenvalue weighted by atomic mass is 9.98. The SMILES string of the molecule is Oc1ccccc1-c1cc(-c2ccc(Cn3ccnc3)c(C3CC3)c2)on1. The van der Waals surface area contributed by atoms with Crippen LogP contribution in [-0.4, -0.2) is 19.8 Å². The maximum Gasteiger partial charge on any atom is 0.167 e. The van der Waals surface area contributed by atoms with Gasteiger partial charge >= 0.3 is 0 Å². The zero-order valence-corrected chi connectivity index (χ0v) is 14.7. The molecule has 2 aromatic carbocycles. The van der Waals surface area contributed by atoms with E-state index in [2.05, 4.69) is 32.9 Å². The molecule has 1 fully saturated rings. The fourth-order valence-corrected chi connectivity index (χ4v) is 3.47. The molecule has 134 valence electrons. The van der Waals surface area contributed by atoms with Gasteiger partial charge in [-0.1, -0.05) is 29.4 Å². The lowest BCUT2D eigenvalue weighted by molar-refractivity contribution is 0.433. The molecule has 0 atom stereocenters. The van der Waals surface area contributed by atoms with E-state index in [0.717, 1.165) is 12.1 Å². The van der Waals surface area contributed by atoms with Crippen LogP contribution in [0.1, 0.15) is 29.9 Å². The third-order valence-corrected chi connectivity index (χ3v) is 5.05. The van der Waals surface area contributed by atoms with Gasteiger partial charge in [0.2, 0.25) is 0 Å². The van der Waals surface area contributed by atoms with Gasteiger partial charge in [-0.05, 0) is 48.1 Å². The summed E-state index contributed by atoms with van der Waals surface area (Å²) >= 11 is 0. The largest absolute Gasteiger partial charge is 0.507 e. The summed E-state index contributed by atoms with van der Waals surface area (Å²) in [7, 11) is 0.